The molecular weight excluding hydrogens is 761 g/mol. The second-order valence-electron chi connectivity index (χ2n) is 18.0. The molecule has 308 valence electrons. The molecule has 8 heteroatoms. The molecule has 12 rings (SSSR count). The van der Waals surface area contributed by atoms with Crippen LogP contribution in [0.2, 0.25) is 0 Å². The van der Waals surface area contributed by atoms with Crippen LogP contribution in [0.4, 0.5) is 0 Å². The molecule has 0 amide bonds. The number of aryl methyl sites for hydroxylation is 6. The van der Waals surface area contributed by atoms with Crippen molar-refractivity contribution >= 4 is 0 Å². The molecule has 4 aromatic heterocycles. The second kappa shape index (κ2) is 15.2. The SMILES string of the molecule is Cn1cc2c(n1)-c1cc(-c3ccccc3)c(-c3ccc(C4(N)CCC4)cc3)nc1CC2.Cn1ncc2c1-c1cc(-c3ccccc3)c(-c3ccc(C4(N)CCC4)cc3)nc1CC2. The number of pyridine rings is 2. The third kappa shape index (κ3) is 6.69. The maximum Gasteiger partial charge on any atom is 0.0973 e. The molecular formula is C54H52N8. The summed E-state index contributed by atoms with van der Waals surface area (Å²) >= 11 is 0. The molecule has 2 fully saturated rings. The lowest BCUT2D eigenvalue weighted by Crippen LogP contribution is -2.43. The van der Waals surface area contributed by atoms with Gasteiger partial charge in [0.1, 0.15) is 0 Å². The van der Waals surface area contributed by atoms with Gasteiger partial charge in [-0.3, -0.25) is 19.3 Å². The number of nitrogens with zero attached hydrogens (tertiary/aromatic N) is 6. The average molecular weight is 813 g/mol. The van der Waals surface area contributed by atoms with E-state index in [0.717, 1.165) is 108 Å². The van der Waals surface area contributed by atoms with Gasteiger partial charge in [0.25, 0.3) is 0 Å². The molecule has 0 unspecified atom stereocenters. The Bertz CT molecular complexity index is 2930. The first-order valence-corrected chi connectivity index (χ1v) is 22.3. The van der Waals surface area contributed by atoms with Crippen molar-refractivity contribution in [2.45, 2.75) is 75.3 Å². The summed E-state index contributed by atoms with van der Waals surface area (Å²) in [6, 6.07) is 43.3. The fourth-order valence-electron chi connectivity index (χ4n) is 10.1. The first kappa shape index (κ1) is 38.4. The first-order chi connectivity index (χ1) is 30.2. The molecule has 0 saturated heterocycles. The third-order valence-electron chi connectivity index (χ3n) is 14.0. The number of hydrogen-bond acceptors (Lipinski definition) is 6. The van der Waals surface area contributed by atoms with Crippen molar-refractivity contribution in [3.8, 4) is 67.3 Å². The van der Waals surface area contributed by atoms with E-state index in [-0.39, 0.29) is 11.1 Å². The minimum absolute atomic E-state index is 0.139. The summed E-state index contributed by atoms with van der Waals surface area (Å²) in [5, 5.41) is 9.25. The summed E-state index contributed by atoms with van der Waals surface area (Å²) in [6.07, 6.45) is 14.7. The fourth-order valence-corrected chi connectivity index (χ4v) is 10.1. The first-order valence-electron chi connectivity index (χ1n) is 22.3. The highest BCUT2D eigenvalue weighted by atomic mass is 15.3. The zero-order valence-electron chi connectivity index (χ0n) is 35.6. The smallest absolute Gasteiger partial charge is 0.0973 e. The van der Waals surface area contributed by atoms with Gasteiger partial charge in [-0.25, -0.2) is 0 Å². The van der Waals surface area contributed by atoms with Crippen LogP contribution >= 0.6 is 0 Å². The highest BCUT2D eigenvalue weighted by Gasteiger charge is 2.35. The van der Waals surface area contributed by atoms with Gasteiger partial charge in [0, 0.05) is 64.8 Å². The summed E-state index contributed by atoms with van der Waals surface area (Å²) in [6.45, 7) is 0. The quantitative estimate of drug-likeness (QED) is 0.173. The van der Waals surface area contributed by atoms with Crippen molar-refractivity contribution in [1.82, 2.24) is 29.5 Å². The van der Waals surface area contributed by atoms with Gasteiger partial charge in [0.15, 0.2) is 0 Å². The predicted octanol–water partition coefficient (Wildman–Crippen LogP) is 10.5. The number of hydrogen-bond donors (Lipinski definition) is 2. The normalized spacial score (nSPS) is 16.3. The molecule has 2 saturated carbocycles. The molecule has 4 aliphatic rings. The van der Waals surface area contributed by atoms with E-state index < -0.39 is 0 Å². The number of rotatable bonds is 6. The summed E-state index contributed by atoms with van der Waals surface area (Å²) in [4.78, 5) is 10.4. The van der Waals surface area contributed by atoms with Gasteiger partial charge in [-0.1, -0.05) is 109 Å². The van der Waals surface area contributed by atoms with E-state index in [1.807, 2.05) is 29.7 Å². The predicted molar refractivity (Wildman–Crippen MR) is 249 cm³/mol. The number of fused-ring (bicyclic) bond motifs is 6. The van der Waals surface area contributed by atoms with Crippen molar-refractivity contribution < 1.29 is 0 Å². The highest BCUT2D eigenvalue weighted by Crippen LogP contribution is 2.44. The molecule has 0 atom stereocenters. The maximum atomic E-state index is 6.55. The Labute approximate surface area is 363 Å². The maximum absolute atomic E-state index is 6.55. The average Bonchev–Trinajstić information content (AvgIpc) is 3.89. The molecule has 0 spiro atoms. The summed E-state index contributed by atoms with van der Waals surface area (Å²) < 4.78 is 3.90. The van der Waals surface area contributed by atoms with Gasteiger partial charge in [-0.2, -0.15) is 10.2 Å². The van der Waals surface area contributed by atoms with Crippen molar-refractivity contribution in [1.29, 1.82) is 0 Å². The molecule has 4 heterocycles. The van der Waals surface area contributed by atoms with Crippen molar-refractivity contribution in [3.05, 3.63) is 167 Å². The van der Waals surface area contributed by atoms with Crippen LogP contribution in [0, 0.1) is 0 Å². The van der Waals surface area contributed by atoms with Gasteiger partial charge in [0.2, 0.25) is 0 Å². The lowest BCUT2D eigenvalue weighted by molar-refractivity contribution is 0.253. The van der Waals surface area contributed by atoms with Gasteiger partial charge >= 0.3 is 0 Å². The molecule has 8 nitrogen and oxygen atoms in total. The number of nitrogens with two attached hydrogens (primary N) is 2. The van der Waals surface area contributed by atoms with Crippen LogP contribution in [-0.2, 0) is 50.9 Å². The van der Waals surface area contributed by atoms with E-state index in [1.54, 1.807) is 0 Å². The zero-order valence-corrected chi connectivity index (χ0v) is 35.6. The fraction of sp³-hybridized carbons (Fsp3) is 0.259. The Hall–Kier alpha value is -6.48. The Kier molecular flexibility index (Phi) is 9.40. The molecule has 0 aliphatic heterocycles. The lowest BCUT2D eigenvalue weighted by atomic mass is 9.72. The van der Waals surface area contributed by atoms with Crippen LogP contribution in [0.3, 0.4) is 0 Å². The van der Waals surface area contributed by atoms with Gasteiger partial charge in [-0.05, 0) is 110 Å². The van der Waals surface area contributed by atoms with E-state index >= 15 is 0 Å². The van der Waals surface area contributed by atoms with Gasteiger partial charge in [-0.15, -0.1) is 0 Å². The standard InChI is InChI=1S/2C27H26N4/c1-31-17-20-10-13-24-23(26(20)30-31)16-22(18-6-3-2-4-7-18)25(29-24)19-8-11-21(12-9-19)27(28)14-5-15-27;1-31-26-20(17-29-31)10-13-24-23(26)16-22(18-6-3-2-4-7-18)25(30-24)19-8-11-21(12-9-19)27(28)14-5-15-27/h2*2-4,6-9,11-12,16-17H,5,10,13-15,28H2,1H3. The topological polar surface area (TPSA) is 113 Å². The minimum Gasteiger partial charge on any atom is -0.321 e. The van der Waals surface area contributed by atoms with Crippen LogP contribution in [0.1, 0.15) is 72.2 Å². The van der Waals surface area contributed by atoms with Gasteiger partial charge < -0.3 is 11.5 Å². The van der Waals surface area contributed by atoms with Crippen LogP contribution in [0.15, 0.2) is 134 Å². The monoisotopic (exact) mass is 812 g/mol. The Balaban J connectivity index is 0.000000139. The molecule has 8 aromatic rings. The van der Waals surface area contributed by atoms with Gasteiger partial charge in [0.05, 0.1) is 40.4 Å². The third-order valence-corrected chi connectivity index (χ3v) is 14.0. The van der Waals surface area contributed by atoms with Crippen molar-refractivity contribution in [2.75, 3.05) is 0 Å². The van der Waals surface area contributed by atoms with E-state index in [1.165, 1.54) is 57.5 Å². The van der Waals surface area contributed by atoms with Crippen molar-refractivity contribution in [3.63, 3.8) is 0 Å². The number of aromatic nitrogens is 6. The summed E-state index contributed by atoms with van der Waals surface area (Å²) in [5.41, 5.74) is 33.9. The second-order valence-corrected chi connectivity index (χ2v) is 18.0. The molecule has 4 aromatic carbocycles. The number of benzene rings is 4. The van der Waals surface area contributed by atoms with Crippen LogP contribution in [0.25, 0.3) is 67.3 Å². The molecule has 4 aliphatic carbocycles. The summed E-state index contributed by atoms with van der Waals surface area (Å²) in [5.74, 6) is 0. The van der Waals surface area contributed by atoms with E-state index in [2.05, 4.69) is 133 Å². The lowest BCUT2D eigenvalue weighted by Gasteiger charge is -2.38. The largest absolute Gasteiger partial charge is 0.321 e. The van der Waals surface area contributed by atoms with E-state index in [0.29, 0.717) is 0 Å². The van der Waals surface area contributed by atoms with Crippen molar-refractivity contribution in [2.24, 2.45) is 25.6 Å². The molecule has 4 N–H and O–H groups in total. The molecule has 62 heavy (non-hydrogen) atoms. The molecule has 0 radical (unpaired) electrons. The summed E-state index contributed by atoms with van der Waals surface area (Å²) in [7, 11) is 4.01. The Morgan fingerprint density at radius 1 is 0.500 bits per heavy atom. The highest BCUT2D eigenvalue weighted by molar-refractivity contribution is 5.87. The van der Waals surface area contributed by atoms with Crippen LogP contribution < -0.4 is 11.5 Å². The molecule has 0 bridgehead atoms. The Morgan fingerprint density at radius 2 is 0.984 bits per heavy atom. The van der Waals surface area contributed by atoms with Crippen LogP contribution in [-0.4, -0.2) is 29.5 Å². The van der Waals surface area contributed by atoms with E-state index in [4.69, 9.17) is 26.5 Å². The zero-order chi connectivity index (χ0) is 42.0. The van der Waals surface area contributed by atoms with E-state index in [9.17, 15) is 0 Å². The Morgan fingerprint density at radius 3 is 1.48 bits per heavy atom. The minimum atomic E-state index is -0.139. The van der Waals surface area contributed by atoms with Crippen LogP contribution in [0.5, 0.6) is 0 Å².